The molecule has 10 aromatic carbocycles. The quantitative estimate of drug-likeness (QED) is 0.177. The van der Waals surface area contributed by atoms with E-state index in [1.807, 2.05) is 18.2 Å². The van der Waals surface area contributed by atoms with Gasteiger partial charge in [-0.15, -0.1) is 0 Å². The average molecular weight is 838 g/mol. The van der Waals surface area contributed by atoms with Crippen LogP contribution in [0.4, 0.5) is 0 Å². The van der Waals surface area contributed by atoms with Crippen LogP contribution in [0.25, 0.3) is 78.3 Å². The first-order chi connectivity index (χ1) is 32.7. The van der Waals surface area contributed by atoms with Gasteiger partial charge in [0, 0.05) is 16.7 Å². The molecule has 66 heavy (non-hydrogen) atoms. The second-order valence-electron chi connectivity index (χ2n) is 17.7. The van der Waals surface area contributed by atoms with Crippen LogP contribution in [0, 0.1) is 0 Å². The number of hydrogen-bond donors (Lipinski definition) is 0. The molecule has 0 N–H and O–H groups in total. The van der Waals surface area contributed by atoms with Crippen LogP contribution in [-0.4, -0.2) is 15.0 Å². The number of fused-ring (bicyclic) bond motifs is 17. The first-order valence-electron chi connectivity index (χ1n) is 22.8. The molecule has 3 aliphatic carbocycles. The van der Waals surface area contributed by atoms with Crippen LogP contribution in [0.15, 0.2) is 237 Å². The van der Waals surface area contributed by atoms with Crippen LogP contribution in [-0.2, 0) is 10.8 Å². The van der Waals surface area contributed by atoms with Gasteiger partial charge in [-0.1, -0.05) is 224 Å². The van der Waals surface area contributed by atoms with Gasteiger partial charge < -0.3 is 0 Å². The van der Waals surface area contributed by atoms with Gasteiger partial charge in [-0.05, 0) is 101 Å². The van der Waals surface area contributed by atoms with Gasteiger partial charge >= 0.3 is 0 Å². The highest BCUT2D eigenvalue weighted by atomic mass is 15.0. The molecular formula is C63H39N3. The summed E-state index contributed by atoms with van der Waals surface area (Å²) < 4.78 is 0. The van der Waals surface area contributed by atoms with E-state index < -0.39 is 10.8 Å². The molecule has 1 heterocycles. The molecule has 306 valence electrons. The zero-order valence-corrected chi connectivity index (χ0v) is 35.9. The fourth-order valence-corrected chi connectivity index (χ4v) is 12.1. The summed E-state index contributed by atoms with van der Waals surface area (Å²) >= 11 is 0. The van der Waals surface area contributed by atoms with E-state index in [4.69, 9.17) is 15.0 Å². The molecule has 0 bridgehead atoms. The molecular weight excluding hydrogens is 799 g/mol. The number of rotatable bonds is 4. The molecule has 0 atom stereocenters. The van der Waals surface area contributed by atoms with E-state index >= 15 is 0 Å². The van der Waals surface area contributed by atoms with Gasteiger partial charge in [-0.3, -0.25) is 0 Å². The van der Waals surface area contributed by atoms with Crippen molar-refractivity contribution in [2.24, 2.45) is 0 Å². The van der Waals surface area contributed by atoms with Crippen molar-refractivity contribution in [3.8, 4) is 67.5 Å². The minimum atomic E-state index is -0.575. The van der Waals surface area contributed by atoms with Gasteiger partial charge in [0.25, 0.3) is 0 Å². The summed E-state index contributed by atoms with van der Waals surface area (Å²) in [7, 11) is 0. The van der Waals surface area contributed by atoms with Gasteiger partial charge in [0.05, 0.1) is 10.8 Å². The molecule has 0 radical (unpaired) electrons. The Kier molecular flexibility index (Phi) is 7.82. The van der Waals surface area contributed by atoms with Crippen molar-refractivity contribution in [1.82, 2.24) is 15.0 Å². The molecule has 3 aliphatic rings. The predicted octanol–water partition coefficient (Wildman–Crippen LogP) is 14.7. The minimum absolute atomic E-state index is 0.484. The molecule has 0 unspecified atom stereocenters. The molecule has 14 rings (SSSR count). The number of benzene rings is 10. The Balaban J connectivity index is 1.01. The minimum Gasteiger partial charge on any atom is -0.208 e. The van der Waals surface area contributed by atoms with Gasteiger partial charge in [-0.25, -0.2) is 15.0 Å². The third-order valence-electron chi connectivity index (χ3n) is 14.6. The molecule has 1 aromatic heterocycles. The van der Waals surface area contributed by atoms with Gasteiger partial charge in [0.15, 0.2) is 17.5 Å². The summed E-state index contributed by atoms with van der Waals surface area (Å²) in [6, 6.07) is 86.4. The van der Waals surface area contributed by atoms with Crippen molar-refractivity contribution in [2.75, 3.05) is 0 Å². The second-order valence-corrected chi connectivity index (χ2v) is 17.7. The lowest BCUT2D eigenvalue weighted by molar-refractivity contribution is 0.633. The molecule has 3 nitrogen and oxygen atoms in total. The Bertz CT molecular complexity index is 3680. The van der Waals surface area contributed by atoms with Crippen molar-refractivity contribution in [2.45, 2.75) is 10.8 Å². The fourth-order valence-electron chi connectivity index (χ4n) is 12.1. The summed E-state index contributed by atoms with van der Waals surface area (Å²) in [4.78, 5) is 15.9. The number of nitrogens with zero attached hydrogens (tertiary/aromatic N) is 3. The molecule has 0 saturated carbocycles. The van der Waals surface area contributed by atoms with Crippen molar-refractivity contribution in [3.05, 3.63) is 281 Å². The highest BCUT2D eigenvalue weighted by molar-refractivity contribution is 6.04. The van der Waals surface area contributed by atoms with Crippen molar-refractivity contribution < 1.29 is 0 Å². The van der Waals surface area contributed by atoms with E-state index in [-0.39, 0.29) is 0 Å². The summed E-state index contributed by atoms with van der Waals surface area (Å²) in [5, 5.41) is 2.25. The normalized spacial score (nSPS) is 14.0. The molecule has 3 heteroatoms. The highest BCUT2D eigenvalue weighted by Gasteiger charge is 2.58. The Morgan fingerprint density at radius 1 is 0.212 bits per heavy atom. The van der Waals surface area contributed by atoms with Crippen LogP contribution in [0.1, 0.15) is 44.5 Å². The van der Waals surface area contributed by atoms with Crippen molar-refractivity contribution in [3.63, 3.8) is 0 Å². The summed E-state index contributed by atoms with van der Waals surface area (Å²) in [6.45, 7) is 0. The molecule has 0 saturated heterocycles. The lowest BCUT2D eigenvalue weighted by Crippen LogP contribution is -2.43. The van der Waals surface area contributed by atoms with Crippen molar-refractivity contribution in [1.29, 1.82) is 0 Å². The van der Waals surface area contributed by atoms with Gasteiger partial charge in [0.2, 0.25) is 0 Å². The Morgan fingerprint density at radius 2 is 0.576 bits per heavy atom. The monoisotopic (exact) mass is 837 g/mol. The largest absolute Gasteiger partial charge is 0.208 e. The van der Waals surface area contributed by atoms with Crippen LogP contribution < -0.4 is 0 Å². The van der Waals surface area contributed by atoms with Crippen LogP contribution in [0.2, 0.25) is 0 Å². The highest BCUT2D eigenvalue weighted by Crippen LogP contribution is 2.67. The average Bonchev–Trinajstić information content (AvgIpc) is 3.86. The van der Waals surface area contributed by atoms with Gasteiger partial charge in [-0.2, -0.15) is 0 Å². The first kappa shape index (κ1) is 36.9. The molecule has 11 aromatic rings. The van der Waals surface area contributed by atoms with Crippen molar-refractivity contribution >= 4 is 10.8 Å². The van der Waals surface area contributed by atoms with E-state index in [1.165, 1.54) is 77.9 Å². The standard InChI is InChI=1S/C63H39N3/c1-3-19-40(20-4-1)43-36-37-49(45-24-8-7-23-44(43)45)61-65-59(41-21-5-2-6-22-41)64-60(66-61)42-35-38-54-50(39-42)48-27-11-14-30-53(48)63(54)57-33-17-15-31-55(57)62(56-32-16-18-34-58(56)63)51-28-12-9-25-46(51)47-26-10-13-29-52(47)62/h1-39H. The smallest absolute Gasteiger partial charge is 0.164 e. The van der Waals surface area contributed by atoms with E-state index in [1.54, 1.807) is 0 Å². The number of hydrogen-bond acceptors (Lipinski definition) is 3. The lowest BCUT2D eigenvalue weighted by atomic mass is 9.52. The Hall–Kier alpha value is -8.53. The SMILES string of the molecule is c1ccc(-c2nc(-c3ccc4c(c3)-c3ccccc3C43c4ccccc4C4(c5ccccc5-c5ccccc54)c4ccccc43)nc(-c3ccc(-c4ccccc4)c4ccccc34)n2)cc1. The summed E-state index contributed by atoms with van der Waals surface area (Å²) in [6.07, 6.45) is 0. The maximum absolute atomic E-state index is 5.38. The van der Waals surface area contributed by atoms with Crippen LogP contribution in [0.5, 0.6) is 0 Å². The van der Waals surface area contributed by atoms with E-state index in [0.29, 0.717) is 17.5 Å². The topological polar surface area (TPSA) is 38.7 Å². The fraction of sp³-hybridized carbons (Fsp3) is 0.0317. The third-order valence-corrected chi connectivity index (χ3v) is 14.6. The van der Waals surface area contributed by atoms with E-state index in [0.717, 1.165) is 27.5 Å². The maximum Gasteiger partial charge on any atom is 0.164 e. The first-order valence-corrected chi connectivity index (χ1v) is 22.8. The van der Waals surface area contributed by atoms with E-state index in [9.17, 15) is 0 Å². The lowest BCUT2D eigenvalue weighted by Gasteiger charge is -2.48. The summed E-state index contributed by atoms with van der Waals surface area (Å²) in [5.74, 6) is 1.92. The maximum atomic E-state index is 5.38. The zero-order chi connectivity index (χ0) is 43.4. The molecule has 0 aliphatic heterocycles. The predicted molar refractivity (Wildman–Crippen MR) is 267 cm³/mol. The van der Waals surface area contributed by atoms with E-state index in [2.05, 4.69) is 218 Å². The van der Waals surface area contributed by atoms with Crippen LogP contribution in [0.3, 0.4) is 0 Å². The molecule has 0 amide bonds. The zero-order valence-electron chi connectivity index (χ0n) is 35.9. The molecule has 2 spiro atoms. The summed E-state index contributed by atoms with van der Waals surface area (Å²) in [5.41, 5.74) is 19.7. The van der Waals surface area contributed by atoms with Crippen LogP contribution >= 0.6 is 0 Å². The third kappa shape index (κ3) is 4.89. The Labute approximate surface area is 383 Å². The number of aromatic nitrogens is 3. The molecule has 0 fully saturated rings. The van der Waals surface area contributed by atoms with Gasteiger partial charge in [0.1, 0.15) is 0 Å². The Morgan fingerprint density at radius 3 is 1.11 bits per heavy atom. The second kappa shape index (κ2) is 14.0.